The largest absolute Gasteiger partial charge is 0.380 e. The third-order valence-corrected chi connectivity index (χ3v) is 5.10. The lowest BCUT2D eigenvalue weighted by atomic mass is 9.86. The molecule has 3 nitrogen and oxygen atoms in total. The van der Waals surface area contributed by atoms with E-state index in [0.717, 1.165) is 19.8 Å². The molecule has 0 aromatic carbocycles. The SMILES string of the molecule is CCC1CNC(CC)(CC)CN1C1CCCOC1. The number of rotatable bonds is 4. The molecule has 0 radical (unpaired) electrons. The van der Waals surface area contributed by atoms with E-state index in [0.29, 0.717) is 17.6 Å². The molecule has 0 spiro atoms. The average Bonchev–Trinajstić information content (AvgIpc) is 2.47. The number of piperazine rings is 1. The van der Waals surface area contributed by atoms with Crippen molar-refractivity contribution < 1.29 is 4.74 Å². The maximum Gasteiger partial charge on any atom is 0.0621 e. The molecule has 0 amide bonds. The standard InChI is InChI=1S/C15H30N2O/c1-4-13-10-16-15(5-2,6-3)12-17(13)14-8-7-9-18-11-14/h13-14,16H,4-12H2,1-3H3. The molecule has 2 unspecified atom stereocenters. The van der Waals surface area contributed by atoms with Crippen LogP contribution in [0.15, 0.2) is 0 Å². The quantitative estimate of drug-likeness (QED) is 0.834. The summed E-state index contributed by atoms with van der Waals surface area (Å²) < 4.78 is 5.70. The van der Waals surface area contributed by atoms with Gasteiger partial charge in [-0.1, -0.05) is 20.8 Å². The molecule has 0 aromatic rings. The molecule has 2 aliphatic rings. The highest BCUT2D eigenvalue weighted by molar-refractivity contribution is 4.98. The van der Waals surface area contributed by atoms with Gasteiger partial charge < -0.3 is 10.1 Å². The van der Waals surface area contributed by atoms with Crippen LogP contribution in [0.3, 0.4) is 0 Å². The van der Waals surface area contributed by atoms with Crippen LogP contribution in [-0.2, 0) is 4.74 Å². The molecular weight excluding hydrogens is 224 g/mol. The van der Waals surface area contributed by atoms with Crippen LogP contribution in [0.1, 0.15) is 52.9 Å². The van der Waals surface area contributed by atoms with Gasteiger partial charge >= 0.3 is 0 Å². The molecule has 2 atom stereocenters. The summed E-state index contributed by atoms with van der Waals surface area (Å²) >= 11 is 0. The highest BCUT2D eigenvalue weighted by Crippen LogP contribution is 2.27. The van der Waals surface area contributed by atoms with Crippen LogP contribution in [-0.4, -0.2) is 48.8 Å². The summed E-state index contributed by atoms with van der Waals surface area (Å²) in [4.78, 5) is 2.75. The molecule has 3 heteroatoms. The first-order valence-electron chi connectivity index (χ1n) is 7.83. The first-order valence-corrected chi connectivity index (χ1v) is 7.83. The maximum atomic E-state index is 5.70. The Bertz CT molecular complexity index is 247. The van der Waals surface area contributed by atoms with Crippen molar-refractivity contribution in [2.75, 3.05) is 26.3 Å². The van der Waals surface area contributed by atoms with Crippen molar-refractivity contribution in [3.05, 3.63) is 0 Å². The molecule has 106 valence electrons. The third-order valence-electron chi connectivity index (χ3n) is 5.10. The summed E-state index contributed by atoms with van der Waals surface area (Å²) in [6.45, 7) is 11.2. The van der Waals surface area contributed by atoms with Gasteiger partial charge in [0, 0.05) is 37.3 Å². The van der Waals surface area contributed by atoms with Crippen molar-refractivity contribution in [1.82, 2.24) is 10.2 Å². The van der Waals surface area contributed by atoms with Gasteiger partial charge in [-0.2, -0.15) is 0 Å². The van der Waals surface area contributed by atoms with E-state index in [1.807, 2.05) is 0 Å². The Kier molecular flexibility index (Phi) is 5.05. The molecule has 2 rings (SSSR count). The van der Waals surface area contributed by atoms with E-state index >= 15 is 0 Å². The number of ether oxygens (including phenoxy) is 1. The Hall–Kier alpha value is -0.120. The number of nitrogens with zero attached hydrogens (tertiary/aromatic N) is 1. The molecule has 2 saturated heterocycles. The van der Waals surface area contributed by atoms with Gasteiger partial charge in [0.25, 0.3) is 0 Å². The van der Waals surface area contributed by atoms with Crippen molar-refractivity contribution in [1.29, 1.82) is 0 Å². The van der Waals surface area contributed by atoms with E-state index in [1.165, 1.54) is 38.6 Å². The predicted molar refractivity (Wildman–Crippen MR) is 75.9 cm³/mol. The lowest BCUT2D eigenvalue weighted by Gasteiger charge is -2.51. The van der Waals surface area contributed by atoms with E-state index in [-0.39, 0.29) is 0 Å². The van der Waals surface area contributed by atoms with E-state index in [9.17, 15) is 0 Å². The fourth-order valence-electron chi connectivity index (χ4n) is 3.50. The Labute approximate surface area is 112 Å². The zero-order chi connectivity index (χ0) is 13.0. The van der Waals surface area contributed by atoms with Gasteiger partial charge in [0.2, 0.25) is 0 Å². The molecule has 1 N–H and O–H groups in total. The molecular formula is C15H30N2O. The molecule has 0 aromatic heterocycles. The van der Waals surface area contributed by atoms with E-state index in [4.69, 9.17) is 4.74 Å². The van der Waals surface area contributed by atoms with Crippen molar-refractivity contribution in [3.63, 3.8) is 0 Å². The summed E-state index contributed by atoms with van der Waals surface area (Å²) in [5.41, 5.74) is 0.336. The average molecular weight is 254 g/mol. The van der Waals surface area contributed by atoms with Gasteiger partial charge in [0.05, 0.1) is 6.61 Å². The lowest BCUT2D eigenvalue weighted by Crippen LogP contribution is -2.66. The fraction of sp³-hybridized carbons (Fsp3) is 1.00. The van der Waals surface area contributed by atoms with Crippen LogP contribution >= 0.6 is 0 Å². The number of hydrogen-bond acceptors (Lipinski definition) is 3. The van der Waals surface area contributed by atoms with E-state index < -0.39 is 0 Å². The summed E-state index contributed by atoms with van der Waals surface area (Å²) in [6.07, 6.45) is 6.25. The third kappa shape index (κ3) is 2.89. The Morgan fingerprint density at radius 3 is 2.61 bits per heavy atom. The van der Waals surface area contributed by atoms with Crippen LogP contribution in [0.2, 0.25) is 0 Å². The summed E-state index contributed by atoms with van der Waals surface area (Å²) in [5.74, 6) is 0. The van der Waals surface area contributed by atoms with Crippen molar-refractivity contribution in [2.24, 2.45) is 0 Å². The highest BCUT2D eigenvalue weighted by Gasteiger charge is 2.39. The predicted octanol–water partition coefficient (Wildman–Crippen LogP) is 2.41. The Morgan fingerprint density at radius 1 is 1.28 bits per heavy atom. The minimum absolute atomic E-state index is 0.336. The summed E-state index contributed by atoms with van der Waals surface area (Å²) in [5, 5.41) is 3.82. The molecule has 0 aliphatic carbocycles. The second kappa shape index (κ2) is 6.36. The minimum atomic E-state index is 0.336. The number of hydrogen-bond donors (Lipinski definition) is 1. The summed E-state index contributed by atoms with van der Waals surface area (Å²) in [6, 6.07) is 1.35. The molecule has 18 heavy (non-hydrogen) atoms. The van der Waals surface area contributed by atoms with E-state index in [1.54, 1.807) is 0 Å². The topological polar surface area (TPSA) is 24.5 Å². The molecule has 2 heterocycles. The van der Waals surface area contributed by atoms with Gasteiger partial charge in [0.15, 0.2) is 0 Å². The van der Waals surface area contributed by atoms with Gasteiger partial charge in [0.1, 0.15) is 0 Å². The minimum Gasteiger partial charge on any atom is -0.380 e. The first kappa shape index (κ1) is 14.3. The second-order valence-corrected chi connectivity index (χ2v) is 5.97. The van der Waals surface area contributed by atoms with Crippen molar-refractivity contribution in [2.45, 2.75) is 70.5 Å². The fourth-order valence-corrected chi connectivity index (χ4v) is 3.50. The van der Waals surface area contributed by atoms with Gasteiger partial charge in [-0.15, -0.1) is 0 Å². The van der Waals surface area contributed by atoms with Gasteiger partial charge in [-0.3, -0.25) is 4.90 Å². The second-order valence-electron chi connectivity index (χ2n) is 5.97. The van der Waals surface area contributed by atoms with Crippen molar-refractivity contribution >= 4 is 0 Å². The van der Waals surface area contributed by atoms with E-state index in [2.05, 4.69) is 31.0 Å². The zero-order valence-corrected chi connectivity index (χ0v) is 12.4. The maximum absolute atomic E-state index is 5.70. The van der Waals surface area contributed by atoms with Gasteiger partial charge in [-0.25, -0.2) is 0 Å². The lowest BCUT2D eigenvalue weighted by molar-refractivity contribution is -0.0329. The van der Waals surface area contributed by atoms with Crippen LogP contribution in [0, 0.1) is 0 Å². The van der Waals surface area contributed by atoms with Crippen LogP contribution in [0.4, 0.5) is 0 Å². The highest BCUT2D eigenvalue weighted by atomic mass is 16.5. The normalized spacial score (nSPS) is 33.5. The van der Waals surface area contributed by atoms with Crippen LogP contribution in [0.25, 0.3) is 0 Å². The Morgan fingerprint density at radius 2 is 2.06 bits per heavy atom. The number of nitrogens with one attached hydrogen (secondary N) is 1. The molecule has 2 aliphatic heterocycles. The van der Waals surface area contributed by atoms with Crippen molar-refractivity contribution in [3.8, 4) is 0 Å². The zero-order valence-electron chi connectivity index (χ0n) is 12.4. The summed E-state index contributed by atoms with van der Waals surface area (Å²) in [7, 11) is 0. The van der Waals surface area contributed by atoms with Gasteiger partial charge in [-0.05, 0) is 32.1 Å². The molecule has 0 bridgehead atoms. The van der Waals surface area contributed by atoms with Crippen LogP contribution < -0.4 is 5.32 Å². The smallest absolute Gasteiger partial charge is 0.0621 e. The first-order chi connectivity index (χ1) is 8.74. The molecule has 2 fully saturated rings. The Balaban J connectivity index is 2.06. The monoisotopic (exact) mass is 254 g/mol. The molecule has 0 saturated carbocycles. The van der Waals surface area contributed by atoms with Crippen LogP contribution in [0.5, 0.6) is 0 Å².